The maximum Gasteiger partial charge on any atom is 0.261 e. The fourth-order valence-corrected chi connectivity index (χ4v) is 2.73. The number of amidine groups is 1. The molecule has 1 aromatic carbocycles. The van der Waals surface area contributed by atoms with Crippen LogP contribution in [0.3, 0.4) is 0 Å². The number of halogens is 1. The minimum absolute atomic E-state index is 0.0197. The Bertz CT molecular complexity index is 928. The van der Waals surface area contributed by atoms with E-state index < -0.39 is 0 Å². The fraction of sp³-hybridized carbons (Fsp3) is 0.263. The third-order valence-electron chi connectivity index (χ3n) is 3.99. The van der Waals surface area contributed by atoms with Gasteiger partial charge in [0, 0.05) is 29.7 Å². The van der Waals surface area contributed by atoms with Crippen LogP contribution in [0.2, 0.25) is 5.02 Å². The predicted molar refractivity (Wildman–Crippen MR) is 106 cm³/mol. The van der Waals surface area contributed by atoms with E-state index in [0.29, 0.717) is 23.6 Å². The zero-order valence-electron chi connectivity index (χ0n) is 14.6. The van der Waals surface area contributed by atoms with Crippen molar-refractivity contribution in [1.29, 1.82) is 5.26 Å². The zero-order valence-corrected chi connectivity index (χ0v) is 15.4. The number of carbonyl (C=O) groups is 1. The third kappa shape index (κ3) is 5.97. The summed E-state index contributed by atoms with van der Waals surface area (Å²) in [6, 6.07) is 10.4. The number of aliphatic imine (C=N–C) groups is 1. The van der Waals surface area contributed by atoms with E-state index in [-0.39, 0.29) is 34.3 Å². The second-order valence-corrected chi connectivity index (χ2v) is 6.51. The van der Waals surface area contributed by atoms with Crippen molar-refractivity contribution in [3.05, 3.63) is 57.5 Å². The highest BCUT2D eigenvalue weighted by Gasteiger charge is 2.18. The van der Waals surface area contributed by atoms with Crippen LogP contribution in [0.5, 0.6) is 0 Å². The van der Waals surface area contributed by atoms with Crippen LogP contribution in [-0.2, 0) is 4.79 Å². The lowest BCUT2D eigenvalue weighted by Gasteiger charge is -2.12. The number of anilines is 1. The lowest BCUT2D eigenvalue weighted by Crippen LogP contribution is -2.25. The van der Waals surface area contributed by atoms with Gasteiger partial charge < -0.3 is 16.5 Å². The van der Waals surface area contributed by atoms with Crippen molar-refractivity contribution in [3.63, 3.8) is 0 Å². The molecule has 7 nitrogen and oxygen atoms in total. The Balaban J connectivity index is 0.000000244. The van der Waals surface area contributed by atoms with Crippen molar-refractivity contribution in [2.75, 3.05) is 5.73 Å². The lowest BCUT2D eigenvalue weighted by atomic mass is 9.90. The monoisotopic (exact) mass is 385 g/mol. The summed E-state index contributed by atoms with van der Waals surface area (Å²) in [5.74, 6) is 0.343. The van der Waals surface area contributed by atoms with Crippen LogP contribution in [-0.4, -0.2) is 16.6 Å². The number of aromatic nitrogens is 1. The minimum Gasteiger partial charge on any atom is -0.398 e. The molecule has 1 fully saturated rings. The van der Waals surface area contributed by atoms with E-state index in [1.54, 1.807) is 30.3 Å². The average molecular weight is 386 g/mol. The second kappa shape index (κ2) is 9.55. The molecule has 1 unspecified atom stereocenters. The van der Waals surface area contributed by atoms with E-state index in [1.165, 1.54) is 6.20 Å². The number of nitrogens with two attached hydrogens (primary N) is 2. The summed E-state index contributed by atoms with van der Waals surface area (Å²) in [5.41, 5.74) is 12.2. The SMILES string of the molecule is N#CC1CCCC(=O)C1.NC(=Nc1ccc(Cl)cc1)c1c(N)cc[nH]c1=O. The number of rotatable bonds is 2. The smallest absolute Gasteiger partial charge is 0.261 e. The highest BCUT2D eigenvalue weighted by atomic mass is 35.5. The Morgan fingerprint density at radius 1 is 1.26 bits per heavy atom. The van der Waals surface area contributed by atoms with Crippen molar-refractivity contribution in [2.45, 2.75) is 25.7 Å². The topological polar surface area (TPSA) is 138 Å². The summed E-state index contributed by atoms with van der Waals surface area (Å²) in [6.07, 6.45) is 4.48. The Morgan fingerprint density at radius 2 is 1.96 bits per heavy atom. The first kappa shape index (κ1) is 20.2. The number of hydrogen-bond acceptors (Lipinski definition) is 5. The van der Waals surface area contributed by atoms with Gasteiger partial charge in [0.05, 0.1) is 17.7 Å². The Kier molecular flexibility index (Phi) is 7.15. The normalized spacial score (nSPS) is 16.8. The highest BCUT2D eigenvalue weighted by molar-refractivity contribution is 6.30. The first-order chi connectivity index (χ1) is 12.9. The number of benzene rings is 1. The van der Waals surface area contributed by atoms with Gasteiger partial charge in [0.15, 0.2) is 0 Å². The first-order valence-corrected chi connectivity index (χ1v) is 8.77. The Labute approximate surface area is 161 Å². The van der Waals surface area contributed by atoms with Gasteiger partial charge in [0.1, 0.15) is 17.2 Å². The van der Waals surface area contributed by atoms with Crippen molar-refractivity contribution in [3.8, 4) is 6.07 Å². The number of nitrogens with one attached hydrogen (secondary N) is 1. The van der Waals surface area contributed by atoms with Crippen LogP contribution in [0.15, 0.2) is 46.3 Å². The van der Waals surface area contributed by atoms with Gasteiger partial charge in [0.2, 0.25) is 0 Å². The third-order valence-corrected chi connectivity index (χ3v) is 4.24. The molecule has 1 aliphatic carbocycles. The number of hydrogen-bond donors (Lipinski definition) is 3. The van der Waals surface area contributed by atoms with Gasteiger partial charge in [-0.25, -0.2) is 4.99 Å². The number of nitriles is 1. The number of pyridine rings is 1. The molecule has 3 rings (SSSR count). The van der Waals surface area contributed by atoms with Crippen LogP contribution < -0.4 is 17.0 Å². The average Bonchev–Trinajstić information content (AvgIpc) is 2.64. The molecule has 1 saturated carbocycles. The summed E-state index contributed by atoms with van der Waals surface area (Å²) in [7, 11) is 0. The first-order valence-electron chi connectivity index (χ1n) is 8.39. The predicted octanol–water partition coefficient (Wildman–Crippen LogP) is 2.92. The maximum atomic E-state index is 11.6. The number of aromatic amines is 1. The van der Waals surface area contributed by atoms with Gasteiger partial charge in [-0.3, -0.25) is 9.59 Å². The van der Waals surface area contributed by atoms with Gasteiger partial charge >= 0.3 is 0 Å². The molecule has 0 amide bonds. The summed E-state index contributed by atoms with van der Waals surface area (Å²) in [6.45, 7) is 0. The highest BCUT2D eigenvalue weighted by Crippen LogP contribution is 2.19. The Morgan fingerprint density at radius 3 is 2.52 bits per heavy atom. The van der Waals surface area contributed by atoms with Gasteiger partial charge in [-0.2, -0.15) is 5.26 Å². The molecular formula is C19H20ClN5O2. The van der Waals surface area contributed by atoms with E-state index in [0.717, 1.165) is 12.8 Å². The summed E-state index contributed by atoms with van der Waals surface area (Å²) < 4.78 is 0. The molecule has 140 valence electrons. The molecular weight excluding hydrogens is 366 g/mol. The van der Waals surface area contributed by atoms with Crippen molar-refractivity contribution >= 4 is 34.6 Å². The molecule has 2 aromatic rings. The van der Waals surface area contributed by atoms with Crippen LogP contribution in [0, 0.1) is 17.2 Å². The zero-order chi connectivity index (χ0) is 19.8. The number of ketones is 1. The summed E-state index contributed by atoms with van der Waals surface area (Å²) in [4.78, 5) is 28.9. The Hall–Kier alpha value is -3.11. The molecule has 0 radical (unpaired) electrons. The van der Waals surface area contributed by atoms with Gasteiger partial charge in [-0.05, 0) is 43.2 Å². The van der Waals surface area contributed by atoms with Gasteiger partial charge in [-0.1, -0.05) is 11.6 Å². The van der Waals surface area contributed by atoms with Crippen LogP contribution in [0.25, 0.3) is 0 Å². The van der Waals surface area contributed by atoms with E-state index in [9.17, 15) is 9.59 Å². The quantitative estimate of drug-likeness (QED) is 0.538. The molecule has 27 heavy (non-hydrogen) atoms. The van der Waals surface area contributed by atoms with Crippen molar-refractivity contribution in [1.82, 2.24) is 4.98 Å². The van der Waals surface area contributed by atoms with Crippen molar-refractivity contribution < 1.29 is 4.79 Å². The number of H-pyrrole nitrogens is 1. The maximum absolute atomic E-state index is 11.6. The lowest BCUT2D eigenvalue weighted by molar-refractivity contribution is -0.120. The minimum atomic E-state index is -0.370. The van der Waals surface area contributed by atoms with E-state index in [2.05, 4.69) is 16.0 Å². The number of nitrogens with zero attached hydrogens (tertiary/aromatic N) is 2. The van der Waals surface area contributed by atoms with E-state index in [4.69, 9.17) is 28.3 Å². The van der Waals surface area contributed by atoms with Crippen molar-refractivity contribution in [2.24, 2.45) is 16.6 Å². The number of carbonyl (C=O) groups excluding carboxylic acids is 1. The molecule has 1 aliphatic rings. The molecule has 0 aliphatic heterocycles. The van der Waals surface area contributed by atoms with E-state index >= 15 is 0 Å². The fourth-order valence-electron chi connectivity index (χ4n) is 2.60. The molecule has 8 heteroatoms. The second-order valence-electron chi connectivity index (χ2n) is 6.07. The standard InChI is InChI=1S/C12H11ClN4O.C7H9NO/c13-7-1-3-8(4-2-7)17-11(15)10-9(14)5-6-16-12(10)18;8-5-6-2-1-3-7(9)4-6/h1-6H,(H2,15,17)(H3,14,16,18);6H,1-4H2. The molecule has 0 saturated heterocycles. The summed E-state index contributed by atoms with van der Waals surface area (Å²) >= 11 is 5.76. The molecule has 1 heterocycles. The van der Waals surface area contributed by atoms with E-state index in [1.807, 2.05) is 0 Å². The van der Waals surface area contributed by atoms with Crippen LogP contribution in [0.4, 0.5) is 11.4 Å². The molecule has 5 N–H and O–H groups in total. The number of nitrogen functional groups attached to an aromatic ring is 1. The molecule has 1 aromatic heterocycles. The van der Waals surface area contributed by atoms with Gasteiger partial charge in [0.25, 0.3) is 5.56 Å². The summed E-state index contributed by atoms with van der Waals surface area (Å²) in [5, 5.41) is 9.01. The van der Waals surface area contributed by atoms with Crippen LogP contribution >= 0.6 is 11.6 Å². The van der Waals surface area contributed by atoms with Crippen LogP contribution in [0.1, 0.15) is 31.2 Å². The largest absolute Gasteiger partial charge is 0.398 e. The molecule has 0 spiro atoms. The molecule has 1 atom stereocenters. The molecule has 0 bridgehead atoms. The number of Topliss-reactive ketones (excluding diaryl/α,β-unsaturated/α-hetero) is 1. The van der Waals surface area contributed by atoms with Gasteiger partial charge in [-0.15, -0.1) is 0 Å².